The molecule has 0 aromatic heterocycles. The molecule has 1 N–H and O–H groups in total. The fourth-order valence-corrected chi connectivity index (χ4v) is 1.96. The van der Waals surface area contributed by atoms with Crippen LogP contribution in [0.4, 0.5) is 13.2 Å². The largest absolute Gasteiger partial charge is 0.389 e. The molecule has 0 aromatic rings. The summed E-state index contributed by atoms with van der Waals surface area (Å²) in [6.07, 6.45) is -2.62. The van der Waals surface area contributed by atoms with E-state index in [4.69, 9.17) is 10.00 Å². The SMILES string of the molecule is CC(C)NC(C)(C#N)CCCCOCCCC(F)(F)F. The molecule has 0 saturated heterocycles. The van der Waals surface area contributed by atoms with Crippen molar-refractivity contribution in [1.29, 1.82) is 5.26 Å². The lowest BCUT2D eigenvalue weighted by Gasteiger charge is -2.25. The molecule has 0 saturated carbocycles. The van der Waals surface area contributed by atoms with Gasteiger partial charge in [-0.25, -0.2) is 0 Å². The maximum atomic E-state index is 11.9. The quantitative estimate of drug-likeness (QED) is 0.623. The molecule has 0 aromatic carbocycles. The van der Waals surface area contributed by atoms with Crippen LogP contribution in [-0.2, 0) is 4.74 Å². The average molecular weight is 294 g/mol. The number of unbranched alkanes of at least 4 members (excludes halogenated alkanes) is 1. The second-order valence-electron chi connectivity index (χ2n) is 5.53. The highest BCUT2D eigenvalue weighted by atomic mass is 19.4. The van der Waals surface area contributed by atoms with Crippen LogP contribution in [0.15, 0.2) is 0 Å². The molecule has 0 aliphatic carbocycles. The number of hydrogen-bond acceptors (Lipinski definition) is 3. The van der Waals surface area contributed by atoms with Gasteiger partial charge in [-0.05, 0) is 46.5 Å². The second kappa shape index (κ2) is 9.19. The van der Waals surface area contributed by atoms with Crippen molar-refractivity contribution in [3.8, 4) is 6.07 Å². The molecule has 3 nitrogen and oxygen atoms in total. The fraction of sp³-hybridized carbons (Fsp3) is 0.929. The van der Waals surface area contributed by atoms with E-state index < -0.39 is 18.1 Å². The monoisotopic (exact) mass is 294 g/mol. The molecule has 0 spiro atoms. The molecule has 0 radical (unpaired) electrons. The van der Waals surface area contributed by atoms with Gasteiger partial charge in [-0.15, -0.1) is 0 Å². The summed E-state index contributed by atoms with van der Waals surface area (Å²) < 4.78 is 40.8. The maximum Gasteiger partial charge on any atom is 0.389 e. The van der Waals surface area contributed by atoms with Crippen LogP contribution in [-0.4, -0.2) is 31.0 Å². The van der Waals surface area contributed by atoms with Gasteiger partial charge in [-0.3, -0.25) is 5.32 Å². The van der Waals surface area contributed by atoms with E-state index in [0.29, 0.717) is 13.0 Å². The molecular weight excluding hydrogens is 269 g/mol. The predicted octanol–water partition coefficient (Wildman–Crippen LogP) is 3.80. The van der Waals surface area contributed by atoms with Crippen molar-refractivity contribution in [2.24, 2.45) is 0 Å². The van der Waals surface area contributed by atoms with Gasteiger partial charge in [0.1, 0.15) is 5.54 Å². The van der Waals surface area contributed by atoms with Crippen molar-refractivity contribution in [3.63, 3.8) is 0 Å². The van der Waals surface area contributed by atoms with Crippen LogP contribution in [0.5, 0.6) is 0 Å². The zero-order chi connectivity index (χ0) is 15.6. The lowest BCUT2D eigenvalue weighted by atomic mass is 9.96. The minimum absolute atomic E-state index is 0.00825. The molecule has 1 atom stereocenters. The van der Waals surface area contributed by atoms with Gasteiger partial charge >= 0.3 is 6.18 Å². The first-order valence-electron chi connectivity index (χ1n) is 7.02. The van der Waals surface area contributed by atoms with Crippen LogP contribution in [0.1, 0.15) is 52.9 Å². The van der Waals surface area contributed by atoms with Gasteiger partial charge in [-0.1, -0.05) is 0 Å². The molecule has 118 valence electrons. The summed E-state index contributed by atoms with van der Waals surface area (Å²) in [5, 5.41) is 12.3. The van der Waals surface area contributed by atoms with Gasteiger partial charge in [0.05, 0.1) is 6.07 Å². The molecule has 0 aliphatic rings. The smallest absolute Gasteiger partial charge is 0.381 e. The van der Waals surface area contributed by atoms with Crippen molar-refractivity contribution in [2.45, 2.75) is 70.6 Å². The minimum Gasteiger partial charge on any atom is -0.381 e. The topological polar surface area (TPSA) is 45.0 Å². The van der Waals surface area contributed by atoms with Crippen molar-refractivity contribution < 1.29 is 17.9 Å². The van der Waals surface area contributed by atoms with E-state index in [1.54, 1.807) is 0 Å². The van der Waals surface area contributed by atoms with E-state index in [1.165, 1.54) is 0 Å². The molecule has 6 heteroatoms. The molecule has 0 heterocycles. The normalized spacial score (nSPS) is 15.1. The second-order valence-corrected chi connectivity index (χ2v) is 5.53. The molecule has 20 heavy (non-hydrogen) atoms. The van der Waals surface area contributed by atoms with Gasteiger partial charge in [0, 0.05) is 25.7 Å². The third kappa shape index (κ3) is 11.1. The van der Waals surface area contributed by atoms with Gasteiger partial charge < -0.3 is 4.74 Å². The third-order valence-electron chi connectivity index (χ3n) is 2.82. The van der Waals surface area contributed by atoms with Gasteiger partial charge in [-0.2, -0.15) is 18.4 Å². The Hall–Kier alpha value is -0.800. The number of nitrogens with one attached hydrogen (secondary N) is 1. The zero-order valence-corrected chi connectivity index (χ0v) is 12.5. The molecular formula is C14H25F3N2O. The van der Waals surface area contributed by atoms with Crippen LogP contribution in [0.25, 0.3) is 0 Å². The van der Waals surface area contributed by atoms with E-state index in [9.17, 15) is 13.2 Å². The number of nitriles is 1. The predicted molar refractivity (Wildman–Crippen MR) is 72.2 cm³/mol. The lowest BCUT2D eigenvalue weighted by molar-refractivity contribution is -0.137. The number of rotatable bonds is 10. The first kappa shape index (κ1) is 19.2. The van der Waals surface area contributed by atoms with Crippen LogP contribution >= 0.6 is 0 Å². The number of hydrogen-bond donors (Lipinski definition) is 1. The Morgan fingerprint density at radius 1 is 1.10 bits per heavy atom. The Balaban J connectivity index is 3.59. The lowest BCUT2D eigenvalue weighted by Crippen LogP contribution is -2.44. The van der Waals surface area contributed by atoms with Crippen molar-refractivity contribution in [2.75, 3.05) is 13.2 Å². The molecule has 0 rings (SSSR count). The summed E-state index contributed by atoms with van der Waals surface area (Å²) in [6, 6.07) is 2.50. The molecule has 0 aliphatic heterocycles. The van der Waals surface area contributed by atoms with E-state index in [-0.39, 0.29) is 19.1 Å². The summed E-state index contributed by atoms with van der Waals surface area (Å²) in [5.41, 5.74) is -0.551. The van der Waals surface area contributed by atoms with E-state index in [2.05, 4.69) is 11.4 Å². The fourth-order valence-electron chi connectivity index (χ4n) is 1.96. The first-order valence-corrected chi connectivity index (χ1v) is 7.02. The highest BCUT2D eigenvalue weighted by Crippen LogP contribution is 2.21. The molecule has 0 fully saturated rings. The Morgan fingerprint density at radius 2 is 1.70 bits per heavy atom. The summed E-state index contributed by atoms with van der Waals surface area (Å²) in [7, 11) is 0. The van der Waals surface area contributed by atoms with Crippen molar-refractivity contribution in [1.82, 2.24) is 5.32 Å². The highest BCUT2D eigenvalue weighted by Gasteiger charge is 2.26. The zero-order valence-electron chi connectivity index (χ0n) is 12.5. The van der Waals surface area contributed by atoms with Gasteiger partial charge in [0.25, 0.3) is 0 Å². The number of alkyl halides is 3. The molecule has 0 amide bonds. The van der Waals surface area contributed by atoms with E-state index >= 15 is 0 Å². The molecule has 1 unspecified atom stereocenters. The number of ether oxygens (including phenoxy) is 1. The standard InChI is InChI=1S/C14H25F3N2O/c1-12(2)19-13(3,11-18)7-4-5-9-20-10-6-8-14(15,16)17/h12,19H,4-10H2,1-3H3. The Morgan fingerprint density at radius 3 is 2.20 bits per heavy atom. The summed E-state index contributed by atoms with van der Waals surface area (Å²) in [4.78, 5) is 0. The highest BCUT2D eigenvalue weighted by molar-refractivity contribution is 5.04. The van der Waals surface area contributed by atoms with Gasteiger partial charge in [0.2, 0.25) is 0 Å². The number of nitrogens with zero attached hydrogens (tertiary/aromatic N) is 1. The Kier molecular flexibility index (Phi) is 8.83. The minimum atomic E-state index is -4.10. The Bertz CT molecular complexity index is 300. The average Bonchev–Trinajstić information content (AvgIpc) is 2.30. The first-order chi connectivity index (χ1) is 9.18. The third-order valence-corrected chi connectivity index (χ3v) is 2.82. The van der Waals surface area contributed by atoms with Crippen molar-refractivity contribution in [3.05, 3.63) is 0 Å². The summed E-state index contributed by atoms with van der Waals surface area (Å²) in [6.45, 7) is 6.41. The molecule has 0 bridgehead atoms. The van der Waals surface area contributed by atoms with E-state index in [0.717, 1.165) is 12.8 Å². The van der Waals surface area contributed by atoms with Crippen LogP contribution in [0.3, 0.4) is 0 Å². The van der Waals surface area contributed by atoms with Crippen LogP contribution in [0, 0.1) is 11.3 Å². The van der Waals surface area contributed by atoms with Crippen LogP contribution < -0.4 is 5.32 Å². The summed E-state index contributed by atoms with van der Waals surface area (Å²) >= 11 is 0. The van der Waals surface area contributed by atoms with E-state index in [1.807, 2.05) is 20.8 Å². The van der Waals surface area contributed by atoms with Crippen molar-refractivity contribution >= 4 is 0 Å². The number of halogens is 3. The maximum absolute atomic E-state index is 11.9. The summed E-state index contributed by atoms with van der Waals surface area (Å²) in [5.74, 6) is 0. The van der Waals surface area contributed by atoms with Crippen LogP contribution in [0.2, 0.25) is 0 Å². The Labute approximate surface area is 119 Å². The van der Waals surface area contributed by atoms with Gasteiger partial charge in [0.15, 0.2) is 0 Å².